The van der Waals surface area contributed by atoms with Gasteiger partial charge in [0.05, 0.1) is 11.3 Å². The number of benzene rings is 2. The van der Waals surface area contributed by atoms with E-state index in [2.05, 4.69) is 5.32 Å². The molecule has 28 heavy (non-hydrogen) atoms. The molecule has 2 rings (SSSR count). The van der Waals surface area contributed by atoms with Crippen LogP contribution < -0.4 is 5.32 Å². The first kappa shape index (κ1) is 21.5. The Kier molecular flexibility index (Phi) is 7.63. The predicted molar refractivity (Wildman–Crippen MR) is 111 cm³/mol. The van der Waals surface area contributed by atoms with Gasteiger partial charge in [-0.15, -0.1) is 11.8 Å². The molecule has 0 spiro atoms. The van der Waals surface area contributed by atoms with Crippen molar-refractivity contribution in [1.82, 2.24) is 15.1 Å². The smallest absolute Gasteiger partial charge is 0.255 e. The fourth-order valence-electron chi connectivity index (χ4n) is 2.49. The van der Waals surface area contributed by atoms with Crippen molar-refractivity contribution >= 4 is 29.5 Å². The van der Waals surface area contributed by atoms with Gasteiger partial charge in [0.2, 0.25) is 5.91 Å². The van der Waals surface area contributed by atoms with Crippen LogP contribution in [0.1, 0.15) is 26.3 Å². The van der Waals surface area contributed by atoms with E-state index in [-0.39, 0.29) is 23.5 Å². The maximum atomic E-state index is 12.9. The molecule has 0 fully saturated rings. The number of hydrogen-bond acceptors (Lipinski definition) is 4. The molecule has 7 heteroatoms. The van der Waals surface area contributed by atoms with Crippen LogP contribution in [0.25, 0.3) is 0 Å². The number of amides is 3. The van der Waals surface area contributed by atoms with E-state index in [1.807, 2.05) is 30.3 Å². The van der Waals surface area contributed by atoms with E-state index in [1.54, 1.807) is 51.3 Å². The molecule has 0 bridgehead atoms. The first-order chi connectivity index (χ1) is 13.3. The Morgan fingerprint density at radius 2 is 1.61 bits per heavy atom. The van der Waals surface area contributed by atoms with E-state index >= 15 is 0 Å². The number of thioether (sulfide) groups is 1. The van der Waals surface area contributed by atoms with Gasteiger partial charge in [-0.1, -0.05) is 24.3 Å². The molecule has 6 nitrogen and oxygen atoms in total. The van der Waals surface area contributed by atoms with Gasteiger partial charge in [0.25, 0.3) is 11.8 Å². The fourth-order valence-corrected chi connectivity index (χ4v) is 3.52. The van der Waals surface area contributed by atoms with Crippen LogP contribution in [-0.4, -0.2) is 61.5 Å². The van der Waals surface area contributed by atoms with Crippen molar-refractivity contribution in [3.05, 3.63) is 65.2 Å². The maximum absolute atomic E-state index is 12.9. The average Bonchev–Trinajstić information content (AvgIpc) is 2.71. The van der Waals surface area contributed by atoms with E-state index in [1.165, 1.54) is 16.7 Å². The lowest BCUT2D eigenvalue weighted by Crippen LogP contribution is -2.27. The van der Waals surface area contributed by atoms with Crippen LogP contribution in [0.3, 0.4) is 0 Å². The summed E-state index contributed by atoms with van der Waals surface area (Å²) >= 11 is 1.36. The number of carbonyl (C=O) groups is 3. The molecule has 2 aromatic rings. The third kappa shape index (κ3) is 5.60. The van der Waals surface area contributed by atoms with E-state index in [9.17, 15) is 14.4 Å². The summed E-state index contributed by atoms with van der Waals surface area (Å²) in [4.78, 5) is 40.3. The molecule has 3 amide bonds. The van der Waals surface area contributed by atoms with Crippen LogP contribution in [0, 0.1) is 0 Å². The van der Waals surface area contributed by atoms with Gasteiger partial charge < -0.3 is 15.1 Å². The van der Waals surface area contributed by atoms with Gasteiger partial charge in [0.15, 0.2) is 0 Å². The highest BCUT2D eigenvalue weighted by atomic mass is 32.2. The monoisotopic (exact) mass is 399 g/mol. The Labute approximate surface area is 169 Å². The molecular weight excluding hydrogens is 374 g/mol. The van der Waals surface area contributed by atoms with Crippen molar-refractivity contribution in [2.24, 2.45) is 0 Å². The van der Waals surface area contributed by atoms with Crippen LogP contribution in [0.2, 0.25) is 0 Å². The van der Waals surface area contributed by atoms with Crippen molar-refractivity contribution in [2.75, 3.05) is 33.9 Å². The molecule has 1 N–H and O–H groups in total. The predicted octanol–water partition coefficient (Wildman–Crippen LogP) is 2.50. The van der Waals surface area contributed by atoms with Crippen molar-refractivity contribution in [3.63, 3.8) is 0 Å². The summed E-state index contributed by atoms with van der Waals surface area (Å²) in [7, 11) is 6.75. The normalized spacial score (nSPS) is 10.3. The minimum atomic E-state index is -0.144. The molecule has 2 aromatic carbocycles. The number of nitrogens with zero attached hydrogens (tertiary/aromatic N) is 2. The molecule has 0 aliphatic heterocycles. The van der Waals surface area contributed by atoms with E-state index in [0.29, 0.717) is 17.7 Å². The van der Waals surface area contributed by atoms with Crippen LogP contribution in [0.5, 0.6) is 0 Å². The van der Waals surface area contributed by atoms with Crippen LogP contribution >= 0.6 is 11.8 Å². The molecule has 0 radical (unpaired) electrons. The summed E-state index contributed by atoms with van der Waals surface area (Å²) in [5.41, 5.74) is 2.08. The van der Waals surface area contributed by atoms with Crippen molar-refractivity contribution < 1.29 is 14.4 Å². The minimum Gasteiger partial charge on any atom is -0.355 e. The fraction of sp³-hybridized carbons (Fsp3) is 0.286. The van der Waals surface area contributed by atoms with E-state index in [4.69, 9.17) is 0 Å². The first-order valence-electron chi connectivity index (χ1n) is 8.82. The lowest BCUT2D eigenvalue weighted by Gasteiger charge is -2.19. The molecule has 0 unspecified atom stereocenters. The zero-order chi connectivity index (χ0) is 20.7. The molecule has 148 valence electrons. The lowest BCUT2D eigenvalue weighted by molar-refractivity contribution is -0.125. The largest absolute Gasteiger partial charge is 0.355 e. The summed E-state index contributed by atoms with van der Waals surface area (Å²) in [6.07, 6.45) is 0. The molecule has 0 aliphatic rings. The van der Waals surface area contributed by atoms with Gasteiger partial charge in [0, 0.05) is 45.2 Å². The zero-order valence-electron chi connectivity index (χ0n) is 16.6. The van der Waals surface area contributed by atoms with Gasteiger partial charge in [-0.3, -0.25) is 14.4 Å². The molecule has 0 heterocycles. The van der Waals surface area contributed by atoms with Crippen LogP contribution in [0.15, 0.2) is 53.4 Å². The molecule has 0 saturated carbocycles. The second-order valence-electron chi connectivity index (χ2n) is 6.51. The average molecular weight is 400 g/mol. The summed E-state index contributed by atoms with van der Waals surface area (Å²) in [6.45, 7) is 0.419. The number of rotatable bonds is 7. The SMILES string of the molecule is CNC(=O)c1ccc(CN(C)C(=O)c2ccccc2SCC(=O)N(C)C)cc1. The van der Waals surface area contributed by atoms with Crippen molar-refractivity contribution in [2.45, 2.75) is 11.4 Å². The quantitative estimate of drug-likeness (QED) is 0.727. The molecule has 0 aromatic heterocycles. The third-order valence-corrected chi connectivity index (χ3v) is 5.24. The second-order valence-corrected chi connectivity index (χ2v) is 7.53. The summed E-state index contributed by atoms with van der Waals surface area (Å²) in [5, 5.41) is 2.58. The molecule has 0 aliphatic carbocycles. The van der Waals surface area contributed by atoms with E-state index in [0.717, 1.165) is 10.5 Å². The Bertz CT molecular complexity index is 850. The topological polar surface area (TPSA) is 69.7 Å². The van der Waals surface area contributed by atoms with E-state index < -0.39 is 0 Å². The molecule has 0 atom stereocenters. The highest BCUT2D eigenvalue weighted by molar-refractivity contribution is 8.00. The van der Waals surface area contributed by atoms with Crippen LogP contribution in [0.4, 0.5) is 0 Å². The van der Waals surface area contributed by atoms with Crippen molar-refractivity contribution in [3.8, 4) is 0 Å². The number of carbonyl (C=O) groups excluding carboxylic acids is 3. The second kappa shape index (κ2) is 9.94. The van der Waals surface area contributed by atoms with Crippen molar-refractivity contribution in [1.29, 1.82) is 0 Å². The Balaban J connectivity index is 2.08. The molecule has 0 saturated heterocycles. The highest BCUT2D eigenvalue weighted by Crippen LogP contribution is 2.24. The van der Waals surface area contributed by atoms with Gasteiger partial charge >= 0.3 is 0 Å². The summed E-state index contributed by atoms with van der Waals surface area (Å²) in [5.74, 6) is 0.0175. The maximum Gasteiger partial charge on any atom is 0.255 e. The molecular formula is C21H25N3O3S. The number of nitrogens with one attached hydrogen (secondary N) is 1. The third-order valence-electron chi connectivity index (χ3n) is 4.18. The Morgan fingerprint density at radius 1 is 0.964 bits per heavy atom. The first-order valence-corrected chi connectivity index (χ1v) is 9.80. The Morgan fingerprint density at radius 3 is 2.21 bits per heavy atom. The minimum absolute atomic E-state index is 0.00295. The van der Waals surface area contributed by atoms with Gasteiger partial charge in [-0.05, 0) is 29.8 Å². The highest BCUT2D eigenvalue weighted by Gasteiger charge is 2.17. The number of hydrogen-bond donors (Lipinski definition) is 1. The van der Waals surface area contributed by atoms with Gasteiger partial charge in [-0.25, -0.2) is 0 Å². The summed E-state index contributed by atoms with van der Waals surface area (Å²) < 4.78 is 0. The zero-order valence-corrected chi connectivity index (χ0v) is 17.4. The standard InChI is InChI=1S/C21H25N3O3S/c1-22-20(26)16-11-9-15(10-12-16)13-24(4)21(27)17-7-5-6-8-18(17)28-14-19(25)23(2)3/h5-12H,13-14H2,1-4H3,(H,22,26). The lowest BCUT2D eigenvalue weighted by atomic mass is 10.1. The van der Waals surface area contributed by atoms with Gasteiger partial charge in [0.1, 0.15) is 0 Å². The van der Waals surface area contributed by atoms with Crippen LogP contribution in [-0.2, 0) is 11.3 Å². The van der Waals surface area contributed by atoms with Gasteiger partial charge in [-0.2, -0.15) is 0 Å². The summed E-state index contributed by atoms with van der Waals surface area (Å²) in [6, 6.07) is 14.5. The Hall–Kier alpha value is -2.80.